The third-order valence-corrected chi connectivity index (χ3v) is 0.774. The maximum Gasteiger partial charge on any atom is 2.00 e. The number of rotatable bonds is 0. The van der Waals surface area contributed by atoms with Gasteiger partial charge in [-0.3, -0.25) is 0 Å². The zero-order valence-electron chi connectivity index (χ0n) is 4.29. The van der Waals surface area contributed by atoms with E-state index in [0.717, 1.165) is 0 Å². The molecule has 0 aliphatic rings. The Morgan fingerprint density at radius 3 is 1.75 bits per heavy atom. The van der Waals surface area contributed by atoms with Crippen molar-refractivity contribution in [2.75, 3.05) is 0 Å². The standard InChI is InChI=1S/C6H6N.W/c7-6-4-2-1-3-5-6;/h1-5,7H;/q-1;+2. The second kappa shape index (κ2) is 3.68. The minimum Gasteiger partial charge on any atom is -0.699 e. The Morgan fingerprint density at radius 2 is 1.50 bits per heavy atom. The zero-order chi connectivity index (χ0) is 5.11. The summed E-state index contributed by atoms with van der Waals surface area (Å²) < 4.78 is 0. The molecule has 40 valence electrons. The molecule has 1 nitrogen and oxygen atoms in total. The molecule has 0 aliphatic heterocycles. The van der Waals surface area contributed by atoms with Crippen LogP contribution in [-0.2, 0) is 21.1 Å². The Hall–Kier alpha value is -0.292. The molecule has 0 saturated heterocycles. The molecule has 0 spiro atoms. The molecule has 0 aromatic heterocycles. The molecular weight excluding hydrogens is 270 g/mol. The summed E-state index contributed by atoms with van der Waals surface area (Å²) in [6, 6.07) is 9.10. The van der Waals surface area contributed by atoms with Crippen LogP contribution < -0.4 is 0 Å². The van der Waals surface area contributed by atoms with Gasteiger partial charge in [0.05, 0.1) is 0 Å². The molecule has 2 heteroatoms. The number of nitrogens with one attached hydrogen (secondary N) is 1. The normalized spacial score (nSPS) is 7.50. The van der Waals surface area contributed by atoms with Crippen LogP contribution in [0, 0.1) is 0 Å². The Kier molecular flexibility index (Phi) is 3.54. The van der Waals surface area contributed by atoms with Crippen molar-refractivity contribution in [3.63, 3.8) is 0 Å². The average molecular weight is 276 g/mol. The summed E-state index contributed by atoms with van der Waals surface area (Å²) in [7, 11) is 0. The summed E-state index contributed by atoms with van der Waals surface area (Å²) in [5.41, 5.74) is 7.57. The maximum absolute atomic E-state index is 7.00. The minimum atomic E-state index is 0. The molecule has 0 atom stereocenters. The van der Waals surface area contributed by atoms with Gasteiger partial charge in [-0.05, 0) is 0 Å². The third-order valence-electron chi connectivity index (χ3n) is 0.774. The molecule has 0 heterocycles. The van der Waals surface area contributed by atoms with Gasteiger partial charge in [-0.15, -0.1) is 5.69 Å². The van der Waals surface area contributed by atoms with E-state index in [-0.39, 0.29) is 21.1 Å². The van der Waals surface area contributed by atoms with Crippen LogP contribution in [0.5, 0.6) is 0 Å². The monoisotopic (exact) mass is 276 g/mol. The van der Waals surface area contributed by atoms with Crippen molar-refractivity contribution in [1.82, 2.24) is 0 Å². The van der Waals surface area contributed by atoms with E-state index < -0.39 is 0 Å². The van der Waals surface area contributed by atoms with Crippen LogP contribution in [-0.4, -0.2) is 0 Å². The van der Waals surface area contributed by atoms with Crippen molar-refractivity contribution in [1.29, 1.82) is 0 Å². The van der Waals surface area contributed by atoms with Crippen LogP contribution in [0.3, 0.4) is 0 Å². The summed E-state index contributed by atoms with van der Waals surface area (Å²) in [5, 5.41) is 0. The molecule has 8 heavy (non-hydrogen) atoms. The van der Waals surface area contributed by atoms with Crippen LogP contribution in [0.25, 0.3) is 5.73 Å². The van der Waals surface area contributed by atoms with Crippen LogP contribution in [0.1, 0.15) is 0 Å². The van der Waals surface area contributed by atoms with Gasteiger partial charge in [0.25, 0.3) is 0 Å². The minimum absolute atomic E-state index is 0. The number of hydrogen-bond donors (Lipinski definition) is 0. The topological polar surface area (TPSA) is 23.8 Å². The van der Waals surface area contributed by atoms with Crippen molar-refractivity contribution >= 4 is 5.69 Å². The summed E-state index contributed by atoms with van der Waals surface area (Å²) in [4.78, 5) is 0. The van der Waals surface area contributed by atoms with E-state index in [0.29, 0.717) is 5.69 Å². The molecule has 0 unspecified atom stereocenters. The molecule has 0 amide bonds. The SMILES string of the molecule is [NH-]c1ccccc1.[W+2]. The second-order valence-corrected chi connectivity index (χ2v) is 1.37. The van der Waals surface area contributed by atoms with E-state index >= 15 is 0 Å². The molecule has 0 aliphatic carbocycles. The van der Waals surface area contributed by atoms with E-state index in [4.69, 9.17) is 5.73 Å². The molecule has 1 rings (SSSR count). The Balaban J connectivity index is 0.000000490. The second-order valence-electron chi connectivity index (χ2n) is 1.37. The van der Waals surface area contributed by atoms with Gasteiger partial charge in [0.2, 0.25) is 0 Å². The Labute approximate surface area is 63.2 Å². The van der Waals surface area contributed by atoms with Crippen LogP contribution >= 0.6 is 0 Å². The van der Waals surface area contributed by atoms with E-state index in [1.807, 2.05) is 18.2 Å². The predicted octanol–water partition coefficient (Wildman–Crippen LogP) is 2.37. The van der Waals surface area contributed by atoms with Crippen LogP contribution in [0.2, 0.25) is 0 Å². The third kappa shape index (κ3) is 2.13. The summed E-state index contributed by atoms with van der Waals surface area (Å²) in [6.45, 7) is 0. The fraction of sp³-hybridized carbons (Fsp3) is 0. The zero-order valence-corrected chi connectivity index (χ0v) is 7.23. The van der Waals surface area contributed by atoms with Crippen molar-refractivity contribution in [2.45, 2.75) is 0 Å². The van der Waals surface area contributed by atoms with Crippen molar-refractivity contribution in [3.8, 4) is 0 Å². The van der Waals surface area contributed by atoms with Crippen molar-refractivity contribution in [2.24, 2.45) is 0 Å². The fourth-order valence-electron chi connectivity index (χ4n) is 0.438. The molecule has 1 aromatic carbocycles. The maximum atomic E-state index is 7.00. The van der Waals surface area contributed by atoms with E-state index in [1.54, 1.807) is 12.1 Å². The van der Waals surface area contributed by atoms with E-state index in [2.05, 4.69) is 0 Å². The molecule has 0 saturated carbocycles. The van der Waals surface area contributed by atoms with Gasteiger partial charge in [-0.1, -0.05) is 30.3 Å². The van der Waals surface area contributed by atoms with Gasteiger partial charge >= 0.3 is 21.1 Å². The molecule has 0 fully saturated rings. The van der Waals surface area contributed by atoms with Gasteiger partial charge in [0, 0.05) is 0 Å². The molecule has 0 bridgehead atoms. The summed E-state index contributed by atoms with van der Waals surface area (Å²) >= 11 is 0. The first-order valence-electron chi connectivity index (χ1n) is 2.16. The summed E-state index contributed by atoms with van der Waals surface area (Å²) in [5.74, 6) is 0. The van der Waals surface area contributed by atoms with Gasteiger partial charge in [-0.2, -0.15) is 0 Å². The predicted molar refractivity (Wildman–Crippen MR) is 30.4 cm³/mol. The van der Waals surface area contributed by atoms with Gasteiger partial charge in [0.1, 0.15) is 0 Å². The molecular formula is C6H6NW+. The number of benzene rings is 1. The largest absolute Gasteiger partial charge is 2.00 e. The average Bonchev–Trinajstić information content (AvgIpc) is 1.69. The first-order chi connectivity index (χ1) is 3.39. The van der Waals surface area contributed by atoms with Crippen LogP contribution in [0.15, 0.2) is 30.3 Å². The van der Waals surface area contributed by atoms with Gasteiger partial charge < -0.3 is 5.73 Å². The van der Waals surface area contributed by atoms with Gasteiger partial charge in [-0.25, -0.2) is 0 Å². The molecule has 1 N–H and O–H groups in total. The fourth-order valence-corrected chi connectivity index (χ4v) is 0.438. The smallest absolute Gasteiger partial charge is 0.699 e. The van der Waals surface area contributed by atoms with Gasteiger partial charge in [0.15, 0.2) is 0 Å². The quantitative estimate of drug-likeness (QED) is 0.694. The van der Waals surface area contributed by atoms with Crippen molar-refractivity contribution in [3.05, 3.63) is 36.1 Å². The molecule has 0 radical (unpaired) electrons. The first kappa shape index (κ1) is 7.71. The first-order valence-corrected chi connectivity index (χ1v) is 2.16. The Bertz CT molecular complexity index is 138. The Morgan fingerprint density at radius 1 is 1.00 bits per heavy atom. The number of hydrogen-bond acceptors (Lipinski definition) is 0. The van der Waals surface area contributed by atoms with E-state index in [1.165, 1.54) is 0 Å². The van der Waals surface area contributed by atoms with Crippen LogP contribution in [0.4, 0.5) is 5.69 Å². The van der Waals surface area contributed by atoms with Crippen molar-refractivity contribution < 1.29 is 21.1 Å². The molecule has 1 aromatic rings. The summed E-state index contributed by atoms with van der Waals surface area (Å²) in [6.07, 6.45) is 0. The van der Waals surface area contributed by atoms with E-state index in [9.17, 15) is 0 Å².